The van der Waals surface area contributed by atoms with Gasteiger partial charge in [0.1, 0.15) is 0 Å². The van der Waals surface area contributed by atoms with Gasteiger partial charge in [-0.1, -0.05) is 0 Å². The molecule has 0 unspecified atom stereocenters. The fraction of sp³-hybridized carbons (Fsp3) is 0.667. The molecule has 0 spiro atoms. The van der Waals surface area contributed by atoms with Gasteiger partial charge in [-0.3, -0.25) is 0 Å². The first-order valence-electron chi connectivity index (χ1n) is 2.86. The number of nitrogens with zero attached hydrogens (tertiary/aromatic N) is 2. The van der Waals surface area contributed by atoms with E-state index in [0.29, 0.717) is 12.8 Å². The fourth-order valence-electron chi connectivity index (χ4n) is 0.414. The molecule has 46 valence electrons. The van der Waals surface area contributed by atoms with E-state index >= 15 is 0 Å². The van der Waals surface area contributed by atoms with E-state index in [9.17, 15) is 0 Å². The third-order valence-corrected chi connectivity index (χ3v) is 3.36. The Balaban J connectivity index is 2.79. The molecule has 0 aliphatic carbocycles. The van der Waals surface area contributed by atoms with Crippen LogP contribution in [-0.2, 0) is 0 Å². The van der Waals surface area contributed by atoms with Crippen molar-refractivity contribution in [3.8, 4) is 12.1 Å². The molecule has 0 saturated carbocycles. The first-order chi connectivity index (χ1) is 4.41. The molecule has 0 amide bonds. The first-order valence-corrected chi connectivity index (χ1v) is 5.83. The maximum absolute atomic E-state index is 8.13. The first kappa shape index (κ1) is 8.52. The second kappa shape index (κ2) is 7.52. The zero-order chi connectivity index (χ0) is 6.95. The molecule has 0 aromatic heterocycles. The van der Waals surface area contributed by atoms with Crippen LogP contribution in [0.2, 0.25) is 10.5 Å². The summed E-state index contributed by atoms with van der Waals surface area (Å²) in [5.41, 5.74) is 0. The monoisotopic (exact) mass is 182 g/mol. The van der Waals surface area contributed by atoms with E-state index in [1.807, 2.05) is 0 Å². The summed E-state index contributed by atoms with van der Waals surface area (Å²) in [6.45, 7) is 0. The summed E-state index contributed by atoms with van der Waals surface area (Å²) in [6.07, 6.45) is 1.37. The van der Waals surface area contributed by atoms with E-state index < -0.39 is 0 Å². The van der Waals surface area contributed by atoms with E-state index in [1.54, 1.807) is 0 Å². The van der Waals surface area contributed by atoms with Gasteiger partial charge in [-0.05, 0) is 0 Å². The topological polar surface area (TPSA) is 47.6 Å². The Bertz CT molecular complexity index is 115. The van der Waals surface area contributed by atoms with Crippen molar-refractivity contribution in [2.24, 2.45) is 0 Å². The van der Waals surface area contributed by atoms with Gasteiger partial charge < -0.3 is 0 Å². The molecule has 0 heterocycles. The van der Waals surface area contributed by atoms with Gasteiger partial charge in [-0.2, -0.15) is 0 Å². The quantitative estimate of drug-likeness (QED) is 0.485. The molecule has 0 saturated heterocycles. The summed E-state index contributed by atoms with van der Waals surface area (Å²) in [7, 11) is 0. The Morgan fingerprint density at radius 3 is 1.78 bits per heavy atom. The molecule has 0 atom stereocenters. The van der Waals surface area contributed by atoms with Crippen LogP contribution < -0.4 is 0 Å². The molecule has 2 radical (unpaired) electrons. The molecule has 0 fully saturated rings. The van der Waals surface area contributed by atoms with Crippen LogP contribution in [-0.4, -0.2) is 15.4 Å². The summed E-state index contributed by atoms with van der Waals surface area (Å²) in [5.74, 6) is 0. The van der Waals surface area contributed by atoms with Crippen LogP contribution in [0.15, 0.2) is 0 Å². The molecule has 9 heavy (non-hydrogen) atoms. The summed E-state index contributed by atoms with van der Waals surface area (Å²) >= 11 is 0.0514. The normalized spacial score (nSPS) is 7.78. The SMILES string of the molecule is N#CC[CH2][Ge][CH2]CC#N. The van der Waals surface area contributed by atoms with Crippen LogP contribution in [0.5, 0.6) is 0 Å². The van der Waals surface area contributed by atoms with Crippen LogP contribution in [0.1, 0.15) is 12.8 Å². The molecule has 0 aromatic carbocycles. The number of nitriles is 2. The Morgan fingerprint density at radius 1 is 1.00 bits per heavy atom. The van der Waals surface area contributed by atoms with Gasteiger partial charge in [0.05, 0.1) is 0 Å². The van der Waals surface area contributed by atoms with Gasteiger partial charge in [0.2, 0.25) is 0 Å². The van der Waals surface area contributed by atoms with Crippen LogP contribution in [0, 0.1) is 22.7 Å². The van der Waals surface area contributed by atoms with E-state index in [2.05, 4.69) is 12.1 Å². The van der Waals surface area contributed by atoms with Crippen molar-refractivity contribution in [3.63, 3.8) is 0 Å². The molecular weight excluding hydrogens is 173 g/mol. The Hall–Kier alpha value is -0.477. The molecule has 0 aromatic rings. The van der Waals surface area contributed by atoms with Crippen molar-refractivity contribution >= 4 is 15.4 Å². The summed E-state index contributed by atoms with van der Waals surface area (Å²) in [5, 5.41) is 18.4. The van der Waals surface area contributed by atoms with Gasteiger partial charge in [0.25, 0.3) is 0 Å². The number of hydrogen-bond acceptors (Lipinski definition) is 2. The standard InChI is InChI=1S/C6H8GeN2/c8-5-1-3-7-4-2-6-9/h1-4H2. The third kappa shape index (κ3) is 7.52. The zero-order valence-electron chi connectivity index (χ0n) is 5.22. The van der Waals surface area contributed by atoms with Gasteiger partial charge in [-0.25, -0.2) is 0 Å². The molecular formula is C6H8GeN2. The van der Waals surface area contributed by atoms with Crippen LogP contribution >= 0.6 is 0 Å². The fourth-order valence-corrected chi connectivity index (χ4v) is 2.15. The van der Waals surface area contributed by atoms with Crippen molar-refractivity contribution in [1.82, 2.24) is 0 Å². The van der Waals surface area contributed by atoms with E-state index in [1.165, 1.54) is 0 Å². The predicted molar refractivity (Wildman–Crippen MR) is 35.8 cm³/mol. The van der Waals surface area contributed by atoms with Gasteiger partial charge >= 0.3 is 61.4 Å². The second-order valence-electron chi connectivity index (χ2n) is 1.57. The second-order valence-corrected chi connectivity index (χ2v) is 4.71. The van der Waals surface area contributed by atoms with Crippen LogP contribution in [0.3, 0.4) is 0 Å². The van der Waals surface area contributed by atoms with Crippen molar-refractivity contribution < 1.29 is 0 Å². The predicted octanol–water partition coefficient (Wildman–Crippen LogP) is 1.35. The Morgan fingerprint density at radius 2 is 1.44 bits per heavy atom. The average molecular weight is 181 g/mol. The summed E-state index contributed by atoms with van der Waals surface area (Å²) in [6, 6.07) is 4.19. The van der Waals surface area contributed by atoms with Crippen molar-refractivity contribution in [1.29, 1.82) is 10.5 Å². The van der Waals surface area contributed by atoms with E-state index in [0.717, 1.165) is 10.5 Å². The molecule has 0 N–H and O–H groups in total. The zero-order valence-corrected chi connectivity index (χ0v) is 7.32. The average Bonchev–Trinajstić information content (AvgIpc) is 1.89. The summed E-state index contributed by atoms with van der Waals surface area (Å²) in [4.78, 5) is 0. The van der Waals surface area contributed by atoms with Crippen LogP contribution in [0.25, 0.3) is 0 Å². The van der Waals surface area contributed by atoms with E-state index in [4.69, 9.17) is 10.5 Å². The maximum atomic E-state index is 8.13. The molecule has 0 rings (SSSR count). The molecule has 2 nitrogen and oxygen atoms in total. The number of rotatable bonds is 4. The van der Waals surface area contributed by atoms with Crippen molar-refractivity contribution in [3.05, 3.63) is 0 Å². The van der Waals surface area contributed by atoms with Crippen molar-refractivity contribution in [2.75, 3.05) is 0 Å². The molecule has 3 heteroatoms. The van der Waals surface area contributed by atoms with Gasteiger partial charge in [-0.15, -0.1) is 0 Å². The molecule has 0 bridgehead atoms. The Kier molecular flexibility index (Phi) is 7.12. The third-order valence-electron chi connectivity index (χ3n) is 0.827. The number of hydrogen-bond donors (Lipinski definition) is 0. The van der Waals surface area contributed by atoms with Crippen molar-refractivity contribution in [2.45, 2.75) is 23.3 Å². The minimum atomic E-state index is 0.0514. The summed E-state index contributed by atoms with van der Waals surface area (Å²) < 4.78 is 0. The van der Waals surface area contributed by atoms with Crippen LogP contribution in [0.4, 0.5) is 0 Å². The Labute approximate surface area is 61.9 Å². The minimum absolute atomic E-state index is 0.0514. The molecule has 0 aliphatic heterocycles. The van der Waals surface area contributed by atoms with Gasteiger partial charge in [0.15, 0.2) is 0 Å². The molecule has 0 aliphatic rings. The van der Waals surface area contributed by atoms with Gasteiger partial charge in [0, 0.05) is 0 Å². The van der Waals surface area contributed by atoms with E-state index in [-0.39, 0.29) is 15.4 Å².